The lowest BCUT2D eigenvalue weighted by atomic mass is 10.1. The van der Waals surface area contributed by atoms with Gasteiger partial charge in [0.15, 0.2) is 0 Å². The Hall–Kier alpha value is -1.49. The maximum absolute atomic E-state index is 12.3. The lowest BCUT2D eigenvalue weighted by Gasteiger charge is -2.28. The molecule has 0 saturated heterocycles. The van der Waals surface area contributed by atoms with E-state index in [1.54, 1.807) is 18.2 Å². The van der Waals surface area contributed by atoms with E-state index >= 15 is 0 Å². The van der Waals surface area contributed by atoms with E-state index in [1.807, 2.05) is 32.0 Å². The van der Waals surface area contributed by atoms with Gasteiger partial charge in [0, 0.05) is 11.9 Å². The first kappa shape index (κ1) is 17.9. The first-order valence-electron chi connectivity index (χ1n) is 6.90. The van der Waals surface area contributed by atoms with Crippen LogP contribution in [0.15, 0.2) is 42.6 Å². The first-order chi connectivity index (χ1) is 10.8. The summed E-state index contributed by atoms with van der Waals surface area (Å²) in [4.78, 5) is 16.2. The molecule has 23 heavy (non-hydrogen) atoms. The second kappa shape index (κ2) is 7.39. The molecule has 1 atom stereocenters. The zero-order valence-corrected chi connectivity index (χ0v) is 14.9. The average Bonchev–Trinajstić information content (AvgIpc) is 2.50. The van der Waals surface area contributed by atoms with E-state index in [4.69, 9.17) is 34.8 Å². The number of aromatic nitrogens is 1. The zero-order valence-electron chi connectivity index (χ0n) is 12.6. The van der Waals surface area contributed by atoms with Crippen molar-refractivity contribution in [1.82, 2.24) is 10.3 Å². The maximum Gasteiger partial charge on any atom is 0.271 e. The molecule has 1 aromatic heterocycles. The maximum atomic E-state index is 12.3. The summed E-state index contributed by atoms with van der Waals surface area (Å²) in [5.74, 6) is -0.431. The molecule has 0 aliphatic heterocycles. The zero-order chi connectivity index (χ0) is 17.0. The molecule has 0 aliphatic rings. The van der Waals surface area contributed by atoms with Crippen LogP contribution in [0.1, 0.15) is 21.6 Å². The lowest BCUT2D eigenvalue weighted by Crippen LogP contribution is -2.49. The summed E-state index contributed by atoms with van der Waals surface area (Å²) in [6.07, 6.45) is 0.611. The highest BCUT2D eigenvalue weighted by Crippen LogP contribution is 2.32. The highest BCUT2D eigenvalue weighted by Gasteiger charge is 2.34. The molecule has 0 radical (unpaired) electrons. The Kier molecular flexibility index (Phi) is 5.74. The van der Waals surface area contributed by atoms with Crippen LogP contribution in [0.2, 0.25) is 0 Å². The van der Waals surface area contributed by atoms with E-state index in [-0.39, 0.29) is 5.69 Å². The Bertz CT molecular complexity index is 687. The number of anilines is 1. The second-order valence-corrected chi connectivity index (χ2v) is 7.49. The Morgan fingerprint density at radius 1 is 1.17 bits per heavy atom. The van der Waals surface area contributed by atoms with Gasteiger partial charge in [-0.05, 0) is 43.2 Å². The molecule has 7 heteroatoms. The van der Waals surface area contributed by atoms with Crippen molar-refractivity contribution in [1.29, 1.82) is 0 Å². The molecular formula is C16H16Cl3N3O. The van der Waals surface area contributed by atoms with E-state index in [0.717, 1.165) is 16.8 Å². The van der Waals surface area contributed by atoms with Gasteiger partial charge in [-0.3, -0.25) is 9.78 Å². The summed E-state index contributed by atoms with van der Waals surface area (Å²) in [5, 5.41) is 5.73. The van der Waals surface area contributed by atoms with Gasteiger partial charge < -0.3 is 10.6 Å². The molecule has 1 heterocycles. The van der Waals surface area contributed by atoms with Crippen LogP contribution in [0.25, 0.3) is 0 Å². The molecule has 122 valence electrons. The Morgan fingerprint density at radius 2 is 1.91 bits per heavy atom. The molecule has 2 aromatic rings. The molecule has 0 spiro atoms. The van der Waals surface area contributed by atoms with Crippen molar-refractivity contribution in [2.45, 2.75) is 23.8 Å². The van der Waals surface area contributed by atoms with Crippen LogP contribution in [0.3, 0.4) is 0 Å². The van der Waals surface area contributed by atoms with Crippen molar-refractivity contribution in [2.75, 3.05) is 5.32 Å². The number of alkyl halides is 3. The molecule has 0 bridgehead atoms. The number of hydrogen-bond donors (Lipinski definition) is 2. The van der Waals surface area contributed by atoms with Crippen LogP contribution in [-0.4, -0.2) is 20.8 Å². The van der Waals surface area contributed by atoms with Gasteiger partial charge in [-0.15, -0.1) is 0 Å². The van der Waals surface area contributed by atoms with Gasteiger partial charge in [0.1, 0.15) is 11.9 Å². The Morgan fingerprint density at radius 3 is 2.52 bits per heavy atom. The SMILES string of the molecule is Cc1ccc(C)c(N[C@@H](NC(=O)c2ccccn2)C(Cl)(Cl)Cl)c1. The van der Waals surface area contributed by atoms with Gasteiger partial charge in [-0.2, -0.15) is 0 Å². The molecule has 1 aromatic carbocycles. The number of halogens is 3. The van der Waals surface area contributed by atoms with Crippen LogP contribution in [0.5, 0.6) is 0 Å². The van der Waals surface area contributed by atoms with Gasteiger partial charge in [-0.25, -0.2) is 0 Å². The Balaban J connectivity index is 2.21. The largest absolute Gasteiger partial charge is 0.362 e. The summed E-state index contributed by atoms with van der Waals surface area (Å²) in [5.41, 5.74) is 3.05. The van der Waals surface area contributed by atoms with E-state index in [2.05, 4.69) is 15.6 Å². The summed E-state index contributed by atoms with van der Waals surface area (Å²) in [6, 6.07) is 10.9. The van der Waals surface area contributed by atoms with Crippen molar-refractivity contribution in [3.8, 4) is 0 Å². The highest BCUT2D eigenvalue weighted by atomic mass is 35.6. The molecule has 2 N–H and O–H groups in total. The van der Waals surface area contributed by atoms with Gasteiger partial charge in [0.25, 0.3) is 5.91 Å². The van der Waals surface area contributed by atoms with Crippen molar-refractivity contribution in [2.24, 2.45) is 0 Å². The van der Waals surface area contributed by atoms with Crippen LogP contribution < -0.4 is 10.6 Å². The molecule has 0 fully saturated rings. The third kappa shape index (κ3) is 4.99. The third-order valence-electron chi connectivity index (χ3n) is 3.19. The van der Waals surface area contributed by atoms with Crippen molar-refractivity contribution >= 4 is 46.4 Å². The third-order valence-corrected chi connectivity index (χ3v) is 3.85. The highest BCUT2D eigenvalue weighted by molar-refractivity contribution is 6.68. The van der Waals surface area contributed by atoms with Crippen LogP contribution in [0, 0.1) is 13.8 Å². The molecule has 1 amide bonds. The number of aryl methyl sites for hydroxylation is 2. The first-order valence-corrected chi connectivity index (χ1v) is 8.03. The van der Waals surface area contributed by atoms with E-state index in [9.17, 15) is 4.79 Å². The second-order valence-electron chi connectivity index (χ2n) is 5.13. The smallest absolute Gasteiger partial charge is 0.271 e. The van der Waals surface area contributed by atoms with Gasteiger partial charge in [0.2, 0.25) is 3.79 Å². The minimum Gasteiger partial charge on any atom is -0.362 e. The number of carbonyl (C=O) groups is 1. The molecule has 0 saturated carbocycles. The molecule has 0 unspecified atom stereocenters. The lowest BCUT2D eigenvalue weighted by molar-refractivity contribution is 0.0937. The van der Waals surface area contributed by atoms with Crippen molar-refractivity contribution in [3.05, 3.63) is 59.4 Å². The quantitative estimate of drug-likeness (QED) is 0.623. The fourth-order valence-corrected chi connectivity index (χ4v) is 2.28. The standard InChI is InChI=1S/C16H16Cl3N3O/c1-10-6-7-11(2)13(9-10)21-15(16(17,18)19)22-14(23)12-5-3-4-8-20-12/h3-9,15,21H,1-2H3,(H,22,23)/t15-/m0/s1. The number of nitrogens with one attached hydrogen (secondary N) is 2. The molecule has 4 nitrogen and oxygen atoms in total. The number of pyridine rings is 1. The number of hydrogen-bond acceptors (Lipinski definition) is 3. The van der Waals surface area contributed by atoms with E-state index in [0.29, 0.717) is 0 Å². The summed E-state index contributed by atoms with van der Waals surface area (Å²) in [7, 11) is 0. The fraction of sp³-hybridized carbons (Fsp3) is 0.250. The van der Waals surface area contributed by atoms with Crippen molar-refractivity contribution in [3.63, 3.8) is 0 Å². The number of amides is 1. The van der Waals surface area contributed by atoms with Gasteiger partial charge >= 0.3 is 0 Å². The Labute approximate surface area is 150 Å². The van der Waals surface area contributed by atoms with Crippen LogP contribution in [0.4, 0.5) is 5.69 Å². The van der Waals surface area contributed by atoms with Crippen molar-refractivity contribution < 1.29 is 4.79 Å². The van der Waals surface area contributed by atoms with E-state index in [1.165, 1.54) is 6.20 Å². The fourth-order valence-electron chi connectivity index (χ4n) is 1.95. The van der Waals surface area contributed by atoms with E-state index < -0.39 is 15.9 Å². The monoisotopic (exact) mass is 371 g/mol. The predicted molar refractivity (Wildman–Crippen MR) is 95.3 cm³/mol. The number of nitrogens with zero attached hydrogens (tertiary/aromatic N) is 1. The normalized spacial score (nSPS) is 12.6. The number of rotatable bonds is 4. The summed E-state index contributed by atoms with van der Waals surface area (Å²) < 4.78 is -1.74. The van der Waals surface area contributed by atoms with Gasteiger partial charge in [0.05, 0.1) is 0 Å². The molecule has 0 aliphatic carbocycles. The molecule has 2 rings (SSSR count). The minimum atomic E-state index is -1.74. The van der Waals surface area contributed by atoms with Crippen LogP contribution >= 0.6 is 34.8 Å². The summed E-state index contributed by atoms with van der Waals surface area (Å²) in [6.45, 7) is 3.89. The molecular weight excluding hydrogens is 357 g/mol. The predicted octanol–water partition coefficient (Wildman–Crippen LogP) is 4.24. The van der Waals surface area contributed by atoms with Gasteiger partial charge in [-0.1, -0.05) is 53.0 Å². The van der Waals surface area contributed by atoms with Crippen LogP contribution in [-0.2, 0) is 0 Å². The summed E-state index contributed by atoms with van der Waals surface area (Å²) >= 11 is 18.0. The minimum absolute atomic E-state index is 0.245. The topological polar surface area (TPSA) is 54.0 Å². The number of carbonyl (C=O) groups excluding carboxylic acids is 1. The average molecular weight is 373 g/mol. The number of benzene rings is 1.